The van der Waals surface area contributed by atoms with Gasteiger partial charge in [-0.15, -0.1) is 0 Å². The molecule has 33 heavy (non-hydrogen) atoms. The van der Waals surface area contributed by atoms with Gasteiger partial charge in [-0.2, -0.15) is 5.10 Å². The number of carbonyl (C=O) groups excluding carboxylic acids is 2. The number of amides is 2. The lowest BCUT2D eigenvalue weighted by atomic mass is 9.92. The summed E-state index contributed by atoms with van der Waals surface area (Å²) < 4.78 is 12.1. The van der Waals surface area contributed by atoms with Crippen LogP contribution in [-0.2, 0) is 19.7 Å². The number of methoxy groups -OCH3 is 2. The van der Waals surface area contributed by atoms with Crippen LogP contribution in [0.2, 0.25) is 0 Å². The summed E-state index contributed by atoms with van der Waals surface area (Å²) in [5, 5.41) is 7.69. The van der Waals surface area contributed by atoms with Crippen molar-refractivity contribution in [1.29, 1.82) is 0 Å². The van der Waals surface area contributed by atoms with Crippen LogP contribution in [0.15, 0.2) is 30.3 Å². The Bertz CT molecular complexity index is 900. The van der Waals surface area contributed by atoms with Crippen LogP contribution in [-0.4, -0.2) is 60.4 Å². The largest absolute Gasteiger partial charge is 0.497 e. The molecule has 0 fully saturated rings. The van der Waals surface area contributed by atoms with Crippen LogP contribution in [0.1, 0.15) is 59.1 Å². The fourth-order valence-corrected chi connectivity index (χ4v) is 3.29. The van der Waals surface area contributed by atoms with E-state index in [1.54, 1.807) is 23.8 Å². The Morgan fingerprint density at radius 1 is 1.12 bits per heavy atom. The molecule has 0 saturated carbocycles. The van der Waals surface area contributed by atoms with Gasteiger partial charge in [-0.25, -0.2) is 4.68 Å². The zero-order chi connectivity index (χ0) is 24.4. The molecule has 182 valence electrons. The Hall–Kier alpha value is -2.87. The number of nitrogens with zero attached hydrogens (tertiary/aromatic N) is 3. The number of rotatable bonds is 12. The summed E-state index contributed by atoms with van der Waals surface area (Å²) in [5.74, 6) is 0.989. The van der Waals surface area contributed by atoms with Crippen molar-refractivity contribution in [3.8, 4) is 11.4 Å². The van der Waals surface area contributed by atoms with Gasteiger partial charge in [0.2, 0.25) is 11.8 Å². The Morgan fingerprint density at radius 2 is 1.82 bits per heavy atom. The quantitative estimate of drug-likeness (QED) is 0.483. The maximum absolute atomic E-state index is 13.0. The molecule has 0 atom stereocenters. The van der Waals surface area contributed by atoms with Crippen molar-refractivity contribution in [2.24, 2.45) is 0 Å². The molecule has 1 N–H and O–H groups in total. The Morgan fingerprint density at radius 3 is 2.39 bits per heavy atom. The van der Waals surface area contributed by atoms with Crippen LogP contribution in [0.5, 0.6) is 5.75 Å². The van der Waals surface area contributed by atoms with Gasteiger partial charge in [0, 0.05) is 31.6 Å². The molecule has 0 aliphatic heterocycles. The van der Waals surface area contributed by atoms with E-state index in [0.29, 0.717) is 25.4 Å². The number of benzene rings is 1. The maximum Gasteiger partial charge on any atom is 0.245 e. The number of hydrogen-bond donors (Lipinski definition) is 1. The monoisotopic (exact) mass is 458 g/mol. The highest BCUT2D eigenvalue weighted by Crippen LogP contribution is 2.27. The number of anilines is 1. The molecule has 0 aliphatic carbocycles. The molecule has 1 aromatic heterocycles. The number of unbranched alkanes of at least 4 members (excludes halogenated alkanes) is 2. The average molecular weight is 459 g/mol. The van der Waals surface area contributed by atoms with E-state index in [1.807, 2.05) is 30.3 Å². The number of carbonyl (C=O) groups is 2. The van der Waals surface area contributed by atoms with E-state index in [1.165, 1.54) is 0 Å². The molecule has 1 heterocycles. The first-order chi connectivity index (χ1) is 15.7. The van der Waals surface area contributed by atoms with Crippen molar-refractivity contribution < 1.29 is 19.1 Å². The lowest BCUT2D eigenvalue weighted by Gasteiger charge is -2.22. The summed E-state index contributed by atoms with van der Waals surface area (Å²) in [6.07, 6.45) is 3.28. The van der Waals surface area contributed by atoms with Crippen molar-refractivity contribution >= 4 is 17.6 Å². The predicted octanol–water partition coefficient (Wildman–Crippen LogP) is 4.17. The van der Waals surface area contributed by atoms with Crippen LogP contribution in [0.3, 0.4) is 0 Å². The predicted molar refractivity (Wildman–Crippen MR) is 130 cm³/mol. The number of ether oxygens (including phenoxy) is 2. The third-order valence-electron chi connectivity index (χ3n) is 5.31. The van der Waals surface area contributed by atoms with Gasteiger partial charge >= 0.3 is 0 Å². The molecule has 2 aromatic rings. The molecule has 8 heteroatoms. The first kappa shape index (κ1) is 26.4. The van der Waals surface area contributed by atoms with Gasteiger partial charge < -0.3 is 19.7 Å². The Balaban J connectivity index is 2.22. The fraction of sp³-hybridized carbons (Fsp3) is 0.560. The highest BCUT2D eigenvalue weighted by atomic mass is 16.5. The first-order valence-corrected chi connectivity index (χ1v) is 11.5. The van der Waals surface area contributed by atoms with E-state index < -0.39 is 0 Å². The minimum Gasteiger partial charge on any atom is -0.497 e. The van der Waals surface area contributed by atoms with E-state index in [0.717, 1.165) is 36.4 Å². The van der Waals surface area contributed by atoms with E-state index >= 15 is 0 Å². The number of hydrogen-bond acceptors (Lipinski definition) is 5. The van der Waals surface area contributed by atoms with Crippen molar-refractivity contribution in [2.45, 2.75) is 58.8 Å². The van der Waals surface area contributed by atoms with E-state index in [9.17, 15) is 9.59 Å². The minimum absolute atomic E-state index is 0.0327. The molecule has 8 nitrogen and oxygen atoms in total. The summed E-state index contributed by atoms with van der Waals surface area (Å²) in [6.45, 7) is 9.03. The molecular formula is C25H38N4O4. The second-order valence-corrected chi connectivity index (χ2v) is 9.09. The van der Waals surface area contributed by atoms with Crippen LogP contribution in [0, 0.1) is 0 Å². The molecule has 0 radical (unpaired) electrons. The second-order valence-electron chi connectivity index (χ2n) is 9.09. The highest BCUT2D eigenvalue weighted by molar-refractivity contribution is 5.94. The molecular weight excluding hydrogens is 420 g/mol. The lowest BCUT2D eigenvalue weighted by molar-refractivity contribution is -0.135. The summed E-state index contributed by atoms with van der Waals surface area (Å²) in [4.78, 5) is 27.2. The van der Waals surface area contributed by atoms with Gasteiger partial charge in [0.15, 0.2) is 0 Å². The van der Waals surface area contributed by atoms with Crippen LogP contribution >= 0.6 is 0 Å². The summed E-state index contributed by atoms with van der Waals surface area (Å²) in [5.41, 5.74) is 1.45. The van der Waals surface area contributed by atoms with Crippen molar-refractivity contribution in [3.05, 3.63) is 36.0 Å². The molecule has 0 aliphatic rings. The SMILES string of the molecule is CCCCCC(=O)N(CCOC)CC(=O)Nc1cc(C(C)(C)C)nn1-c1ccc(OC)cc1. The second kappa shape index (κ2) is 12.4. The lowest BCUT2D eigenvalue weighted by Crippen LogP contribution is -2.40. The highest BCUT2D eigenvalue weighted by Gasteiger charge is 2.23. The fourth-order valence-electron chi connectivity index (χ4n) is 3.29. The molecule has 0 bridgehead atoms. The molecule has 0 unspecified atom stereocenters. The summed E-state index contributed by atoms with van der Waals surface area (Å²) in [6, 6.07) is 9.35. The summed E-state index contributed by atoms with van der Waals surface area (Å²) >= 11 is 0. The zero-order valence-corrected chi connectivity index (χ0v) is 20.8. The zero-order valence-electron chi connectivity index (χ0n) is 20.8. The minimum atomic E-state index is -0.273. The van der Waals surface area contributed by atoms with E-state index in [4.69, 9.17) is 14.6 Å². The Kier molecular flexibility index (Phi) is 9.91. The molecule has 1 aromatic carbocycles. The van der Waals surface area contributed by atoms with E-state index in [2.05, 4.69) is 33.0 Å². The van der Waals surface area contributed by atoms with Gasteiger partial charge in [0.25, 0.3) is 0 Å². The van der Waals surface area contributed by atoms with E-state index in [-0.39, 0.29) is 23.8 Å². The van der Waals surface area contributed by atoms with Crippen molar-refractivity contribution in [1.82, 2.24) is 14.7 Å². The third-order valence-corrected chi connectivity index (χ3v) is 5.31. The normalized spacial score (nSPS) is 11.3. The van der Waals surface area contributed by atoms with Crippen LogP contribution in [0.25, 0.3) is 5.69 Å². The van der Waals surface area contributed by atoms with Gasteiger partial charge in [-0.1, -0.05) is 40.5 Å². The van der Waals surface area contributed by atoms with Gasteiger partial charge in [-0.05, 0) is 30.7 Å². The van der Waals surface area contributed by atoms with Crippen molar-refractivity contribution in [3.63, 3.8) is 0 Å². The summed E-state index contributed by atoms with van der Waals surface area (Å²) in [7, 11) is 3.20. The van der Waals surface area contributed by atoms with Gasteiger partial charge in [0.05, 0.1) is 31.6 Å². The molecule has 0 saturated heterocycles. The van der Waals surface area contributed by atoms with Crippen LogP contribution < -0.4 is 10.1 Å². The maximum atomic E-state index is 13.0. The molecule has 2 amide bonds. The number of nitrogens with one attached hydrogen (secondary N) is 1. The smallest absolute Gasteiger partial charge is 0.245 e. The van der Waals surface area contributed by atoms with Gasteiger partial charge in [0.1, 0.15) is 11.6 Å². The van der Waals surface area contributed by atoms with Crippen LogP contribution in [0.4, 0.5) is 5.82 Å². The molecule has 2 rings (SSSR count). The molecule has 0 spiro atoms. The average Bonchev–Trinajstić information content (AvgIpc) is 3.21. The number of aromatic nitrogens is 2. The van der Waals surface area contributed by atoms with Crippen molar-refractivity contribution in [2.75, 3.05) is 39.2 Å². The standard InChI is InChI=1S/C25H38N4O4/c1-7-8-9-10-24(31)28(15-16-32-5)18-23(30)26-22-17-21(25(2,3)4)27-29(22)19-11-13-20(33-6)14-12-19/h11-14,17H,7-10,15-16,18H2,1-6H3,(H,26,30). The third kappa shape index (κ3) is 7.89. The van der Waals surface area contributed by atoms with Gasteiger partial charge in [-0.3, -0.25) is 9.59 Å². The topological polar surface area (TPSA) is 85.7 Å². The Labute approximate surface area is 197 Å². The first-order valence-electron chi connectivity index (χ1n) is 11.5.